The molecule has 0 aliphatic heterocycles. The average molecular weight is 488 g/mol. The Kier molecular flexibility index (Phi) is 13.9. The number of aliphatic carboxylic acids is 2. The van der Waals surface area contributed by atoms with Crippen LogP contribution in [0.3, 0.4) is 0 Å². The van der Waals surface area contributed by atoms with Crippen molar-refractivity contribution < 1.29 is 34.2 Å². The fraction of sp³-hybridized carbons (Fsp3) is 0.700. The molecule has 11 N–H and O–H groups in total. The molecule has 0 aliphatic carbocycles. The molecule has 0 bridgehead atoms. The third-order valence-corrected chi connectivity index (χ3v) is 5.11. The standard InChI is InChI=1S/C20H37N7O7/c1-4-10(2)15(18(32)26-13(19(33)34)6-5-9-24-20(22)23)27-16(30)11(3)25-17(31)12(21)7-8-14(28)29/h10-13,15H,4-9,21H2,1-3H3,(H,25,31)(H,26,32)(H,27,30)(H,28,29)(H,33,34)(H4,22,23,24). The minimum atomic E-state index is -1.25. The predicted molar refractivity (Wildman–Crippen MR) is 123 cm³/mol. The summed E-state index contributed by atoms with van der Waals surface area (Å²) in [5.41, 5.74) is 16.1. The molecule has 0 aromatic carbocycles. The monoisotopic (exact) mass is 487 g/mol. The van der Waals surface area contributed by atoms with E-state index in [1.54, 1.807) is 13.8 Å². The highest BCUT2D eigenvalue weighted by molar-refractivity contribution is 5.94. The van der Waals surface area contributed by atoms with Crippen molar-refractivity contribution in [2.75, 3.05) is 6.54 Å². The lowest BCUT2D eigenvalue weighted by molar-refractivity contribution is -0.143. The zero-order chi connectivity index (χ0) is 26.4. The molecule has 0 fully saturated rings. The van der Waals surface area contributed by atoms with Gasteiger partial charge < -0.3 is 43.4 Å². The number of carbonyl (C=O) groups excluding carboxylic acids is 3. The quantitative estimate of drug-likeness (QED) is 0.0664. The maximum Gasteiger partial charge on any atom is 0.326 e. The first-order valence-corrected chi connectivity index (χ1v) is 11.0. The summed E-state index contributed by atoms with van der Waals surface area (Å²) in [4.78, 5) is 63.4. The topological polar surface area (TPSA) is 252 Å². The minimum Gasteiger partial charge on any atom is -0.481 e. The van der Waals surface area contributed by atoms with E-state index in [0.717, 1.165) is 0 Å². The largest absolute Gasteiger partial charge is 0.481 e. The Morgan fingerprint density at radius 3 is 2.03 bits per heavy atom. The van der Waals surface area contributed by atoms with Crippen LogP contribution < -0.4 is 33.2 Å². The van der Waals surface area contributed by atoms with Crippen LogP contribution in [0.25, 0.3) is 0 Å². The first kappa shape index (κ1) is 30.6. The minimum absolute atomic E-state index is 0.0692. The van der Waals surface area contributed by atoms with Gasteiger partial charge in [-0.2, -0.15) is 0 Å². The summed E-state index contributed by atoms with van der Waals surface area (Å²) in [5, 5.41) is 25.4. The number of amides is 3. The highest BCUT2D eigenvalue weighted by Crippen LogP contribution is 2.10. The number of nitrogens with zero attached hydrogens (tertiary/aromatic N) is 1. The summed E-state index contributed by atoms with van der Waals surface area (Å²) >= 11 is 0. The van der Waals surface area contributed by atoms with Crippen molar-refractivity contribution in [3.8, 4) is 0 Å². The molecule has 34 heavy (non-hydrogen) atoms. The summed E-state index contributed by atoms with van der Waals surface area (Å²) in [6.07, 6.45) is 0.469. The van der Waals surface area contributed by atoms with Gasteiger partial charge in [0.25, 0.3) is 0 Å². The van der Waals surface area contributed by atoms with Crippen molar-refractivity contribution in [2.45, 2.75) is 77.0 Å². The van der Waals surface area contributed by atoms with Gasteiger partial charge in [-0.25, -0.2) is 4.79 Å². The van der Waals surface area contributed by atoms with Gasteiger partial charge in [0.2, 0.25) is 17.7 Å². The molecule has 0 saturated carbocycles. The number of aliphatic imine (C=N–C) groups is 1. The van der Waals surface area contributed by atoms with Crippen molar-refractivity contribution >= 4 is 35.6 Å². The molecule has 0 aliphatic rings. The highest BCUT2D eigenvalue weighted by atomic mass is 16.4. The lowest BCUT2D eigenvalue weighted by Crippen LogP contribution is -2.58. The number of guanidine groups is 1. The molecule has 194 valence electrons. The maximum absolute atomic E-state index is 12.8. The van der Waals surface area contributed by atoms with Gasteiger partial charge >= 0.3 is 11.9 Å². The SMILES string of the molecule is CCC(C)C(NC(=O)C(C)NC(=O)C(N)CCC(=O)O)C(=O)NC(CCCN=C(N)N)C(=O)O. The van der Waals surface area contributed by atoms with E-state index in [9.17, 15) is 29.1 Å². The zero-order valence-corrected chi connectivity index (χ0v) is 19.7. The molecule has 14 nitrogen and oxygen atoms in total. The molecular formula is C20H37N7O7. The Hall–Kier alpha value is -3.42. The fourth-order valence-corrected chi connectivity index (χ4v) is 2.80. The Balaban J connectivity index is 5.11. The summed E-state index contributed by atoms with van der Waals surface area (Å²) in [6, 6.07) is -4.46. The van der Waals surface area contributed by atoms with E-state index < -0.39 is 53.8 Å². The number of nitrogens with one attached hydrogen (secondary N) is 3. The van der Waals surface area contributed by atoms with Crippen LogP contribution in [0.5, 0.6) is 0 Å². The molecule has 0 aromatic rings. The summed E-state index contributed by atoms with van der Waals surface area (Å²) < 4.78 is 0. The zero-order valence-electron chi connectivity index (χ0n) is 19.7. The number of hydrogen-bond donors (Lipinski definition) is 8. The highest BCUT2D eigenvalue weighted by Gasteiger charge is 2.31. The Bertz CT molecular complexity index is 756. The van der Waals surface area contributed by atoms with E-state index >= 15 is 0 Å². The molecular weight excluding hydrogens is 450 g/mol. The van der Waals surface area contributed by atoms with Crippen molar-refractivity contribution in [2.24, 2.45) is 28.1 Å². The number of rotatable bonds is 16. The van der Waals surface area contributed by atoms with Crippen LogP contribution in [0.4, 0.5) is 0 Å². The average Bonchev–Trinajstić information content (AvgIpc) is 2.76. The second-order valence-electron chi connectivity index (χ2n) is 7.99. The molecule has 3 amide bonds. The van der Waals surface area contributed by atoms with E-state index in [1.807, 2.05) is 0 Å². The number of carboxylic acids is 2. The van der Waals surface area contributed by atoms with Crippen LogP contribution in [0, 0.1) is 5.92 Å². The molecule has 0 radical (unpaired) electrons. The third kappa shape index (κ3) is 12.0. The molecule has 14 heteroatoms. The van der Waals surface area contributed by atoms with Crippen LogP contribution in [0.2, 0.25) is 0 Å². The summed E-state index contributed by atoms with van der Waals surface area (Å²) in [5.74, 6) is -4.90. The van der Waals surface area contributed by atoms with Gasteiger partial charge in [-0.3, -0.25) is 24.2 Å². The lowest BCUT2D eigenvalue weighted by atomic mass is 9.97. The van der Waals surface area contributed by atoms with E-state index in [0.29, 0.717) is 12.8 Å². The van der Waals surface area contributed by atoms with Crippen LogP contribution in [-0.2, 0) is 24.0 Å². The lowest BCUT2D eigenvalue weighted by Gasteiger charge is -2.27. The van der Waals surface area contributed by atoms with Crippen LogP contribution >= 0.6 is 0 Å². The van der Waals surface area contributed by atoms with Gasteiger partial charge in [0.15, 0.2) is 5.96 Å². The van der Waals surface area contributed by atoms with Gasteiger partial charge in [-0.15, -0.1) is 0 Å². The predicted octanol–water partition coefficient (Wildman–Crippen LogP) is -2.16. The maximum atomic E-state index is 12.8. The van der Waals surface area contributed by atoms with Gasteiger partial charge in [-0.05, 0) is 32.1 Å². The second-order valence-corrected chi connectivity index (χ2v) is 7.99. The van der Waals surface area contributed by atoms with E-state index in [-0.39, 0.29) is 37.7 Å². The molecule has 0 heterocycles. The molecule has 0 saturated heterocycles. The first-order chi connectivity index (χ1) is 15.8. The van der Waals surface area contributed by atoms with Crippen LogP contribution in [0.15, 0.2) is 4.99 Å². The van der Waals surface area contributed by atoms with Crippen molar-refractivity contribution in [3.05, 3.63) is 0 Å². The fourth-order valence-electron chi connectivity index (χ4n) is 2.80. The molecule has 0 aromatic heterocycles. The van der Waals surface area contributed by atoms with Gasteiger partial charge in [-0.1, -0.05) is 20.3 Å². The van der Waals surface area contributed by atoms with Gasteiger partial charge in [0.1, 0.15) is 18.1 Å². The first-order valence-electron chi connectivity index (χ1n) is 11.0. The Morgan fingerprint density at radius 2 is 1.53 bits per heavy atom. The summed E-state index contributed by atoms with van der Waals surface area (Å²) in [6.45, 7) is 5.09. The van der Waals surface area contributed by atoms with E-state index in [4.69, 9.17) is 22.3 Å². The van der Waals surface area contributed by atoms with E-state index in [1.165, 1.54) is 6.92 Å². The second kappa shape index (κ2) is 15.4. The third-order valence-electron chi connectivity index (χ3n) is 5.11. The normalized spacial score (nSPS) is 15.1. The van der Waals surface area contributed by atoms with Crippen molar-refractivity contribution in [1.29, 1.82) is 0 Å². The molecule has 0 rings (SSSR count). The molecule has 5 unspecified atom stereocenters. The number of carboxylic acid groups (broad SMARTS) is 2. The Morgan fingerprint density at radius 1 is 0.912 bits per heavy atom. The van der Waals surface area contributed by atoms with Crippen molar-refractivity contribution in [1.82, 2.24) is 16.0 Å². The molecule has 0 spiro atoms. The number of hydrogen-bond acceptors (Lipinski definition) is 7. The molecule has 5 atom stereocenters. The van der Waals surface area contributed by atoms with Gasteiger partial charge in [0.05, 0.1) is 6.04 Å². The van der Waals surface area contributed by atoms with Crippen LogP contribution in [0.1, 0.15) is 52.9 Å². The number of nitrogens with two attached hydrogens (primary N) is 3. The van der Waals surface area contributed by atoms with Crippen LogP contribution in [-0.4, -0.2) is 76.5 Å². The van der Waals surface area contributed by atoms with Crippen molar-refractivity contribution in [3.63, 3.8) is 0 Å². The van der Waals surface area contributed by atoms with E-state index in [2.05, 4.69) is 20.9 Å². The number of carbonyl (C=O) groups is 5. The van der Waals surface area contributed by atoms with Gasteiger partial charge in [0, 0.05) is 13.0 Å². The summed E-state index contributed by atoms with van der Waals surface area (Å²) in [7, 11) is 0. The smallest absolute Gasteiger partial charge is 0.326 e. The Labute approximate surface area is 198 Å².